The lowest BCUT2D eigenvalue weighted by molar-refractivity contribution is 0.395. The summed E-state index contributed by atoms with van der Waals surface area (Å²) in [4.78, 5) is 22.6. The number of ether oxygens (including phenoxy) is 2. The van der Waals surface area contributed by atoms with Crippen LogP contribution in [-0.2, 0) is 12.3 Å². The molecule has 32 heavy (non-hydrogen) atoms. The average Bonchev–Trinajstić information content (AvgIpc) is 3.30. The minimum atomic E-state index is 0.0217. The molecule has 2 heterocycles. The molecule has 0 bridgehead atoms. The molecule has 0 aliphatic rings. The lowest BCUT2D eigenvalue weighted by Gasteiger charge is -2.12. The van der Waals surface area contributed by atoms with E-state index in [9.17, 15) is 4.79 Å². The van der Waals surface area contributed by atoms with Gasteiger partial charge in [-0.15, -0.1) is 11.3 Å². The van der Waals surface area contributed by atoms with Crippen molar-refractivity contribution in [3.8, 4) is 22.1 Å². The van der Waals surface area contributed by atoms with Gasteiger partial charge in [0.25, 0.3) is 5.56 Å². The zero-order valence-electron chi connectivity index (χ0n) is 18.3. The van der Waals surface area contributed by atoms with Crippen molar-refractivity contribution in [3.63, 3.8) is 0 Å². The van der Waals surface area contributed by atoms with Crippen molar-refractivity contribution in [2.24, 2.45) is 0 Å². The summed E-state index contributed by atoms with van der Waals surface area (Å²) in [6, 6.07) is 13.2. The zero-order valence-corrected chi connectivity index (χ0v) is 20.0. The minimum absolute atomic E-state index is 0.0217. The fourth-order valence-electron chi connectivity index (χ4n) is 3.38. The maximum absolute atomic E-state index is 13.1. The molecule has 0 N–H and O–H groups in total. The van der Waals surface area contributed by atoms with Crippen molar-refractivity contribution >= 4 is 34.0 Å². The third-order valence-electron chi connectivity index (χ3n) is 5.10. The van der Waals surface area contributed by atoms with Crippen LogP contribution in [0.4, 0.5) is 0 Å². The van der Waals surface area contributed by atoms with E-state index in [0.29, 0.717) is 17.7 Å². The molecule has 0 saturated carbocycles. The summed E-state index contributed by atoms with van der Waals surface area (Å²) in [6.45, 7) is 2.79. The first-order valence-electron chi connectivity index (χ1n) is 10.4. The van der Waals surface area contributed by atoms with E-state index in [0.717, 1.165) is 51.3 Å². The Morgan fingerprint density at radius 3 is 2.72 bits per heavy atom. The number of thioether (sulfide) groups is 1. The summed E-state index contributed by atoms with van der Waals surface area (Å²) in [5.74, 6) is 2.10. The molecule has 0 atom stereocenters. The monoisotopic (exact) mass is 467 g/mol. The maximum atomic E-state index is 13.1. The van der Waals surface area contributed by atoms with Gasteiger partial charge in [-0.3, -0.25) is 9.36 Å². The number of para-hydroxylation sites is 1. The molecule has 0 aliphatic carbocycles. The highest BCUT2D eigenvalue weighted by atomic mass is 32.2. The summed E-state index contributed by atoms with van der Waals surface area (Å²) in [6.07, 6.45) is 1.95. The molecule has 6 nitrogen and oxygen atoms in total. The van der Waals surface area contributed by atoms with E-state index in [1.807, 2.05) is 47.8 Å². The van der Waals surface area contributed by atoms with Crippen LogP contribution in [0.5, 0.6) is 11.5 Å². The Balaban J connectivity index is 1.60. The molecule has 0 amide bonds. The maximum Gasteiger partial charge on any atom is 0.262 e. The molecule has 4 rings (SSSR count). The normalized spacial score (nSPS) is 11.1. The first-order chi connectivity index (χ1) is 15.6. The summed E-state index contributed by atoms with van der Waals surface area (Å²) >= 11 is 3.12. The predicted octanol–water partition coefficient (Wildman–Crippen LogP) is 5.63. The van der Waals surface area contributed by atoms with Crippen LogP contribution < -0.4 is 15.0 Å². The molecule has 2 aromatic heterocycles. The Hall–Kier alpha value is -2.84. The Morgan fingerprint density at radius 2 is 1.94 bits per heavy atom. The molecule has 0 unspecified atom stereocenters. The zero-order chi connectivity index (χ0) is 22.5. The highest BCUT2D eigenvalue weighted by molar-refractivity contribution is 7.98. The summed E-state index contributed by atoms with van der Waals surface area (Å²) in [5, 5.41) is 4.32. The number of methoxy groups -OCH3 is 2. The summed E-state index contributed by atoms with van der Waals surface area (Å²) in [5.41, 5.74) is 2.62. The Labute approximate surface area is 195 Å². The van der Waals surface area contributed by atoms with E-state index < -0.39 is 0 Å². The molecule has 0 fully saturated rings. The standard InChI is InChI=1S/C24H25N3O3S2/c1-4-5-12-27-23(28)18-8-6-7-9-20(18)26-24(27)32-15-16-14-31-22(25-16)19-11-10-17(29-2)13-21(19)30-3/h6-11,13-14H,4-5,12,15H2,1-3H3. The number of unbranched alkanes of at least 4 members (excludes halogenated alkanes) is 1. The number of benzene rings is 2. The summed E-state index contributed by atoms with van der Waals surface area (Å²) < 4.78 is 12.6. The number of thiazole rings is 1. The predicted molar refractivity (Wildman–Crippen MR) is 131 cm³/mol. The van der Waals surface area contributed by atoms with Gasteiger partial charge in [-0.25, -0.2) is 9.97 Å². The molecular weight excluding hydrogens is 442 g/mol. The van der Waals surface area contributed by atoms with Crippen LogP contribution in [-0.4, -0.2) is 28.8 Å². The van der Waals surface area contributed by atoms with Crippen molar-refractivity contribution in [2.45, 2.75) is 37.2 Å². The Bertz CT molecular complexity index is 1280. The number of hydrogen-bond donors (Lipinski definition) is 0. The van der Waals surface area contributed by atoms with Gasteiger partial charge >= 0.3 is 0 Å². The number of aromatic nitrogens is 3. The first-order valence-corrected chi connectivity index (χ1v) is 12.3. The molecule has 0 radical (unpaired) electrons. The van der Waals surface area contributed by atoms with Gasteiger partial charge in [0.2, 0.25) is 0 Å². The van der Waals surface area contributed by atoms with E-state index >= 15 is 0 Å². The van der Waals surface area contributed by atoms with Crippen molar-refractivity contribution in [2.75, 3.05) is 14.2 Å². The lowest BCUT2D eigenvalue weighted by atomic mass is 10.2. The van der Waals surface area contributed by atoms with Gasteiger partial charge in [0.05, 0.1) is 36.4 Å². The van der Waals surface area contributed by atoms with Crippen LogP contribution in [0.15, 0.2) is 57.8 Å². The van der Waals surface area contributed by atoms with Crippen molar-refractivity contribution < 1.29 is 9.47 Å². The van der Waals surface area contributed by atoms with Crippen molar-refractivity contribution in [3.05, 3.63) is 63.9 Å². The van der Waals surface area contributed by atoms with Gasteiger partial charge in [-0.2, -0.15) is 0 Å². The van der Waals surface area contributed by atoms with Gasteiger partial charge in [0.15, 0.2) is 5.16 Å². The summed E-state index contributed by atoms with van der Waals surface area (Å²) in [7, 11) is 3.28. The minimum Gasteiger partial charge on any atom is -0.497 e. The second kappa shape index (κ2) is 10.2. The van der Waals surface area contributed by atoms with Gasteiger partial charge < -0.3 is 9.47 Å². The lowest BCUT2D eigenvalue weighted by Crippen LogP contribution is -2.23. The number of nitrogens with zero attached hydrogens (tertiary/aromatic N) is 3. The van der Waals surface area contributed by atoms with E-state index in [1.165, 1.54) is 0 Å². The molecule has 166 valence electrons. The largest absolute Gasteiger partial charge is 0.497 e. The number of fused-ring (bicyclic) bond motifs is 1. The number of rotatable bonds is 9. The van der Waals surface area contributed by atoms with Crippen LogP contribution in [0.25, 0.3) is 21.5 Å². The molecule has 2 aromatic carbocycles. The van der Waals surface area contributed by atoms with E-state index in [-0.39, 0.29) is 5.56 Å². The van der Waals surface area contributed by atoms with Gasteiger partial charge in [-0.05, 0) is 30.7 Å². The third kappa shape index (κ3) is 4.66. The number of hydrogen-bond acceptors (Lipinski definition) is 7. The van der Waals surface area contributed by atoms with Crippen LogP contribution in [0.1, 0.15) is 25.5 Å². The fraction of sp³-hybridized carbons (Fsp3) is 0.292. The average molecular weight is 468 g/mol. The quantitative estimate of drug-likeness (QED) is 0.235. The second-order valence-corrected chi connectivity index (χ2v) is 9.02. The van der Waals surface area contributed by atoms with E-state index in [4.69, 9.17) is 19.4 Å². The molecule has 8 heteroatoms. The van der Waals surface area contributed by atoms with Crippen molar-refractivity contribution in [1.29, 1.82) is 0 Å². The van der Waals surface area contributed by atoms with E-state index in [2.05, 4.69) is 6.92 Å². The second-order valence-electron chi connectivity index (χ2n) is 7.22. The van der Waals surface area contributed by atoms with Gasteiger partial charge in [0.1, 0.15) is 16.5 Å². The molecule has 0 spiro atoms. The van der Waals surface area contributed by atoms with Crippen LogP contribution in [0.2, 0.25) is 0 Å². The first kappa shape index (κ1) is 22.4. The van der Waals surface area contributed by atoms with E-state index in [1.54, 1.807) is 41.9 Å². The topological polar surface area (TPSA) is 66.2 Å². The fourth-order valence-corrected chi connectivity index (χ4v) is 5.25. The molecular formula is C24H25N3O3S2. The highest BCUT2D eigenvalue weighted by Gasteiger charge is 2.14. The molecule has 4 aromatic rings. The Kier molecular flexibility index (Phi) is 7.12. The van der Waals surface area contributed by atoms with Gasteiger partial charge in [0, 0.05) is 23.7 Å². The van der Waals surface area contributed by atoms with Crippen LogP contribution >= 0.6 is 23.1 Å². The third-order valence-corrected chi connectivity index (χ3v) is 7.04. The van der Waals surface area contributed by atoms with Crippen molar-refractivity contribution in [1.82, 2.24) is 14.5 Å². The van der Waals surface area contributed by atoms with Crippen LogP contribution in [0.3, 0.4) is 0 Å². The molecule has 0 saturated heterocycles. The highest BCUT2D eigenvalue weighted by Crippen LogP contribution is 2.35. The SMILES string of the molecule is CCCCn1c(SCc2csc(-c3ccc(OC)cc3OC)n2)nc2ccccc2c1=O. The smallest absolute Gasteiger partial charge is 0.262 e. The van der Waals surface area contributed by atoms with Gasteiger partial charge in [-0.1, -0.05) is 37.2 Å². The Morgan fingerprint density at radius 1 is 1.09 bits per heavy atom. The van der Waals surface area contributed by atoms with Crippen LogP contribution in [0, 0.1) is 0 Å². The molecule has 0 aliphatic heterocycles.